The molecule has 0 radical (unpaired) electrons. The van der Waals surface area contributed by atoms with Gasteiger partial charge >= 0.3 is 0 Å². The summed E-state index contributed by atoms with van der Waals surface area (Å²) in [7, 11) is 0. The standard InChI is InChI=1S/C14H27N3O2.ClH/c1-3-9-15-10-11-16-13(19)14(17-12(2)18)7-5-4-6-8-14;/h15H,3-11H2,1-2H3,(H,16,19)(H,17,18);1H. The molecule has 0 saturated heterocycles. The largest absolute Gasteiger partial charge is 0.353 e. The number of rotatable bonds is 7. The Balaban J connectivity index is 0.00000361. The van der Waals surface area contributed by atoms with Crippen LogP contribution in [-0.2, 0) is 9.59 Å². The summed E-state index contributed by atoms with van der Waals surface area (Å²) in [6.45, 7) is 5.94. The minimum atomic E-state index is -0.672. The molecule has 1 aliphatic carbocycles. The van der Waals surface area contributed by atoms with Crippen molar-refractivity contribution in [2.24, 2.45) is 0 Å². The second-order valence-corrected chi connectivity index (χ2v) is 5.33. The van der Waals surface area contributed by atoms with Crippen molar-refractivity contribution in [1.29, 1.82) is 0 Å². The van der Waals surface area contributed by atoms with Gasteiger partial charge in [0.25, 0.3) is 0 Å². The molecule has 0 aromatic heterocycles. The normalized spacial score (nSPS) is 16.9. The Morgan fingerprint density at radius 1 is 1.05 bits per heavy atom. The Hall–Kier alpha value is -0.810. The van der Waals surface area contributed by atoms with Crippen LogP contribution in [0.1, 0.15) is 52.4 Å². The first kappa shape index (κ1) is 19.2. The average molecular weight is 306 g/mol. The zero-order valence-electron chi connectivity index (χ0n) is 12.6. The van der Waals surface area contributed by atoms with Crippen molar-refractivity contribution in [3.8, 4) is 0 Å². The predicted molar refractivity (Wildman–Crippen MR) is 83.1 cm³/mol. The molecule has 1 fully saturated rings. The minimum absolute atomic E-state index is 0. The Morgan fingerprint density at radius 2 is 1.70 bits per heavy atom. The van der Waals surface area contributed by atoms with Crippen molar-refractivity contribution in [1.82, 2.24) is 16.0 Å². The van der Waals surface area contributed by atoms with E-state index in [2.05, 4.69) is 22.9 Å². The van der Waals surface area contributed by atoms with Crippen LogP contribution in [0.25, 0.3) is 0 Å². The van der Waals surface area contributed by atoms with E-state index < -0.39 is 5.54 Å². The van der Waals surface area contributed by atoms with Gasteiger partial charge in [-0.25, -0.2) is 0 Å². The van der Waals surface area contributed by atoms with Gasteiger partial charge in [-0.05, 0) is 25.8 Å². The first-order chi connectivity index (χ1) is 9.10. The lowest BCUT2D eigenvalue weighted by Crippen LogP contribution is -2.59. The highest BCUT2D eigenvalue weighted by Crippen LogP contribution is 2.28. The number of carbonyl (C=O) groups is 2. The van der Waals surface area contributed by atoms with E-state index in [1.54, 1.807) is 0 Å². The molecule has 0 aromatic carbocycles. The number of hydrogen-bond acceptors (Lipinski definition) is 3. The van der Waals surface area contributed by atoms with E-state index in [0.717, 1.165) is 51.6 Å². The van der Waals surface area contributed by atoms with Gasteiger partial charge in [-0.3, -0.25) is 9.59 Å². The summed E-state index contributed by atoms with van der Waals surface area (Å²) in [6, 6.07) is 0. The topological polar surface area (TPSA) is 70.2 Å². The Labute approximate surface area is 128 Å². The first-order valence-electron chi connectivity index (χ1n) is 7.38. The van der Waals surface area contributed by atoms with Gasteiger partial charge in [0.15, 0.2) is 0 Å². The maximum Gasteiger partial charge on any atom is 0.245 e. The van der Waals surface area contributed by atoms with Gasteiger partial charge < -0.3 is 16.0 Å². The van der Waals surface area contributed by atoms with Gasteiger partial charge in [0, 0.05) is 20.0 Å². The molecule has 1 saturated carbocycles. The molecule has 0 unspecified atom stereocenters. The van der Waals surface area contributed by atoms with Crippen LogP contribution < -0.4 is 16.0 Å². The number of carbonyl (C=O) groups excluding carboxylic acids is 2. The Morgan fingerprint density at radius 3 is 2.25 bits per heavy atom. The maximum atomic E-state index is 12.3. The van der Waals surface area contributed by atoms with E-state index in [9.17, 15) is 9.59 Å². The number of hydrogen-bond donors (Lipinski definition) is 3. The van der Waals surface area contributed by atoms with Crippen molar-refractivity contribution in [3.05, 3.63) is 0 Å². The van der Waals surface area contributed by atoms with E-state index >= 15 is 0 Å². The third kappa shape index (κ3) is 6.09. The lowest BCUT2D eigenvalue weighted by Gasteiger charge is -2.36. The summed E-state index contributed by atoms with van der Waals surface area (Å²) >= 11 is 0. The smallest absolute Gasteiger partial charge is 0.245 e. The van der Waals surface area contributed by atoms with Crippen molar-refractivity contribution < 1.29 is 9.59 Å². The zero-order chi connectivity index (χ0) is 14.1. The third-order valence-electron chi connectivity index (χ3n) is 3.57. The summed E-state index contributed by atoms with van der Waals surface area (Å²) < 4.78 is 0. The molecule has 0 aromatic rings. The summed E-state index contributed by atoms with van der Waals surface area (Å²) in [5, 5.41) is 9.06. The highest BCUT2D eigenvalue weighted by molar-refractivity contribution is 5.91. The Bertz CT molecular complexity index is 305. The quantitative estimate of drug-likeness (QED) is 0.622. The molecule has 0 heterocycles. The minimum Gasteiger partial charge on any atom is -0.353 e. The highest BCUT2D eigenvalue weighted by atomic mass is 35.5. The van der Waals surface area contributed by atoms with Gasteiger partial charge in [0.2, 0.25) is 11.8 Å². The second kappa shape index (κ2) is 10.00. The van der Waals surface area contributed by atoms with E-state index in [4.69, 9.17) is 0 Å². The van der Waals surface area contributed by atoms with Crippen molar-refractivity contribution in [2.75, 3.05) is 19.6 Å². The number of nitrogens with one attached hydrogen (secondary N) is 3. The molecule has 20 heavy (non-hydrogen) atoms. The molecule has 2 amide bonds. The average Bonchev–Trinajstić information content (AvgIpc) is 2.38. The van der Waals surface area contributed by atoms with E-state index in [-0.39, 0.29) is 24.2 Å². The fourth-order valence-electron chi connectivity index (χ4n) is 2.64. The molecule has 5 nitrogen and oxygen atoms in total. The molecule has 118 valence electrons. The fourth-order valence-corrected chi connectivity index (χ4v) is 2.64. The third-order valence-corrected chi connectivity index (χ3v) is 3.57. The molecule has 3 N–H and O–H groups in total. The first-order valence-corrected chi connectivity index (χ1v) is 7.38. The Kier molecular flexibility index (Phi) is 9.59. The van der Waals surface area contributed by atoms with Crippen LogP contribution >= 0.6 is 12.4 Å². The van der Waals surface area contributed by atoms with Crippen molar-refractivity contribution >= 4 is 24.2 Å². The van der Waals surface area contributed by atoms with Crippen LogP contribution in [-0.4, -0.2) is 37.0 Å². The molecule has 0 spiro atoms. The second-order valence-electron chi connectivity index (χ2n) is 5.33. The van der Waals surface area contributed by atoms with Gasteiger partial charge in [-0.1, -0.05) is 26.2 Å². The van der Waals surface area contributed by atoms with Gasteiger partial charge in [-0.2, -0.15) is 0 Å². The van der Waals surface area contributed by atoms with Crippen LogP contribution in [0.4, 0.5) is 0 Å². The van der Waals surface area contributed by atoms with Gasteiger partial charge in [0.05, 0.1) is 0 Å². The van der Waals surface area contributed by atoms with E-state index in [1.807, 2.05) is 0 Å². The van der Waals surface area contributed by atoms with Crippen LogP contribution in [0.15, 0.2) is 0 Å². The number of halogens is 1. The van der Waals surface area contributed by atoms with Crippen LogP contribution in [0.5, 0.6) is 0 Å². The fraction of sp³-hybridized carbons (Fsp3) is 0.857. The lowest BCUT2D eigenvalue weighted by molar-refractivity contribution is -0.134. The van der Waals surface area contributed by atoms with Gasteiger partial charge in [-0.15, -0.1) is 12.4 Å². The van der Waals surface area contributed by atoms with Crippen molar-refractivity contribution in [3.63, 3.8) is 0 Å². The summed E-state index contributed by atoms with van der Waals surface area (Å²) in [5.74, 6) is -0.151. The zero-order valence-corrected chi connectivity index (χ0v) is 13.4. The molecule has 6 heteroatoms. The highest BCUT2D eigenvalue weighted by Gasteiger charge is 2.39. The summed E-state index contributed by atoms with van der Waals surface area (Å²) in [4.78, 5) is 23.7. The predicted octanol–water partition coefficient (Wildman–Crippen LogP) is 1.36. The molecule has 1 aliphatic rings. The van der Waals surface area contributed by atoms with Crippen LogP contribution in [0.2, 0.25) is 0 Å². The van der Waals surface area contributed by atoms with E-state index in [0.29, 0.717) is 6.54 Å². The molecule has 0 atom stereocenters. The van der Waals surface area contributed by atoms with Crippen LogP contribution in [0, 0.1) is 0 Å². The van der Waals surface area contributed by atoms with Gasteiger partial charge in [0.1, 0.15) is 5.54 Å². The monoisotopic (exact) mass is 305 g/mol. The maximum absolute atomic E-state index is 12.3. The molecule has 0 aliphatic heterocycles. The lowest BCUT2D eigenvalue weighted by atomic mass is 9.80. The molecule has 0 bridgehead atoms. The summed E-state index contributed by atoms with van der Waals surface area (Å²) in [6.07, 6.45) is 5.74. The molecular weight excluding hydrogens is 278 g/mol. The molecular formula is C14H28ClN3O2. The SMILES string of the molecule is CCCNCCNC(=O)C1(NC(C)=O)CCCCC1.Cl. The van der Waals surface area contributed by atoms with Crippen LogP contribution in [0.3, 0.4) is 0 Å². The number of amides is 2. The summed E-state index contributed by atoms with van der Waals surface area (Å²) in [5.41, 5.74) is -0.672. The molecule has 1 rings (SSSR count). The van der Waals surface area contributed by atoms with E-state index in [1.165, 1.54) is 6.92 Å². The van der Waals surface area contributed by atoms with Crippen molar-refractivity contribution in [2.45, 2.75) is 57.9 Å².